The normalized spacial score (nSPS) is 15.2. The standard InChI is InChI=1S/C35H27BrN2O2S/c36-28-18-15-26(16-19-28)24-40-32-20-17-27-11-7-8-14-30(27)31(32)23-33-34(39)38(22-21-25-9-3-1-4-10-25)35(41-33)37-29-12-5-2-6-13-29/h1-20,23H,21-22,24H2/b33-23+,37-35?. The summed E-state index contributed by atoms with van der Waals surface area (Å²) in [5.74, 6) is 0.684. The molecule has 0 atom stereocenters. The fourth-order valence-corrected chi connectivity index (χ4v) is 5.98. The van der Waals surface area contributed by atoms with Gasteiger partial charge in [0.15, 0.2) is 5.17 Å². The minimum Gasteiger partial charge on any atom is -0.488 e. The van der Waals surface area contributed by atoms with Gasteiger partial charge in [0, 0.05) is 16.6 Å². The fraction of sp³-hybridized carbons (Fsp3) is 0.0857. The van der Waals surface area contributed by atoms with Gasteiger partial charge in [-0.2, -0.15) is 0 Å². The molecule has 1 aliphatic heterocycles. The Morgan fingerprint density at radius 1 is 0.780 bits per heavy atom. The third kappa shape index (κ3) is 6.45. The third-order valence-corrected chi connectivity index (χ3v) is 8.38. The van der Waals surface area contributed by atoms with Crippen LogP contribution >= 0.6 is 27.7 Å². The number of nitrogens with zero attached hydrogens (tertiary/aromatic N) is 2. The van der Waals surface area contributed by atoms with Gasteiger partial charge in [0.1, 0.15) is 12.4 Å². The van der Waals surface area contributed by atoms with Crippen LogP contribution in [0.3, 0.4) is 0 Å². The smallest absolute Gasteiger partial charge is 0.266 e. The van der Waals surface area contributed by atoms with E-state index < -0.39 is 0 Å². The Hall–Kier alpha value is -4.13. The maximum Gasteiger partial charge on any atom is 0.266 e. The summed E-state index contributed by atoms with van der Waals surface area (Å²) in [4.78, 5) is 21.2. The number of hydrogen-bond acceptors (Lipinski definition) is 4. The summed E-state index contributed by atoms with van der Waals surface area (Å²) >= 11 is 4.90. The maximum absolute atomic E-state index is 13.9. The molecule has 0 N–H and O–H groups in total. The van der Waals surface area contributed by atoms with Gasteiger partial charge in [-0.15, -0.1) is 0 Å². The third-order valence-electron chi connectivity index (χ3n) is 6.85. The molecule has 0 saturated carbocycles. The number of rotatable bonds is 8. The molecule has 1 aliphatic rings. The van der Waals surface area contributed by atoms with E-state index in [0.29, 0.717) is 23.2 Å². The first-order valence-electron chi connectivity index (χ1n) is 13.4. The summed E-state index contributed by atoms with van der Waals surface area (Å²) in [5, 5.41) is 2.80. The Kier molecular flexibility index (Phi) is 8.31. The van der Waals surface area contributed by atoms with E-state index in [0.717, 1.165) is 44.2 Å². The molecule has 0 unspecified atom stereocenters. The summed E-state index contributed by atoms with van der Waals surface area (Å²) in [5.41, 5.74) is 3.95. The van der Waals surface area contributed by atoms with Gasteiger partial charge < -0.3 is 4.74 Å². The number of amidine groups is 1. The molecule has 1 amide bonds. The fourth-order valence-electron chi connectivity index (χ4n) is 4.71. The van der Waals surface area contributed by atoms with Gasteiger partial charge in [0.25, 0.3) is 5.91 Å². The lowest BCUT2D eigenvalue weighted by atomic mass is 10.0. The predicted octanol–water partition coefficient (Wildman–Crippen LogP) is 9.03. The number of carbonyl (C=O) groups excluding carboxylic acids is 1. The molecule has 202 valence electrons. The Morgan fingerprint density at radius 3 is 2.27 bits per heavy atom. The zero-order valence-electron chi connectivity index (χ0n) is 22.2. The van der Waals surface area contributed by atoms with E-state index in [1.807, 2.05) is 97.1 Å². The summed E-state index contributed by atoms with van der Waals surface area (Å²) < 4.78 is 7.37. The number of benzene rings is 5. The number of halogens is 1. The van der Waals surface area contributed by atoms with Gasteiger partial charge in [-0.05, 0) is 76.5 Å². The van der Waals surface area contributed by atoms with Gasteiger partial charge in [-0.3, -0.25) is 9.69 Å². The highest BCUT2D eigenvalue weighted by molar-refractivity contribution is 9.10. The number of fused-ring (bicyclic) bond motifs is 1. The van der Waals surface area contributed by atoms with Crippen molar-refractivity contribution in [3.63, 3.8) is 0 Å². The van der Waals surface area contributed by atoms with E-state index >= 15 is 0 Å². The molecule has 5 aromatic rings. The van der Waals surface area contributed by atoms with Crippen LogP contribution in [0.2, 0.25) is 0 Å². The SMILES string of the molecule is O=C1/C(=C\c2c(OCc3ccc(Br)cc3)ccc3ccccc23)SC(=Nc2ccccc2)N1CCc1ccccc1. The van der Waals surface area contributed by atoms with Gasteiger partial charge in [-0.25, -0.2) is 4.99 Å². The molecule has 0 spiro atoms. The molecule has 1 fully saturated rings. The van der Waals surface area contributed by atoms with Crippen molar-refractivity contribution in [3.8, 4) is 5.75 Å². The summed E-state index contributed by atoms with van der Waals surface area (Å²) in [6.07, 6.45) is 2.71. The number of para-hydroxylation sites is 1. The lowest BCUT2D eigenvalue weighted by Crippen LogP contribution is -2.31. The molecule has 1 heterocycles. The Bertz CT molecular complexity index is 1740. The highest BCUT2D eigenvalue weighted by Gasteiger charge is 2.33. The molecule has 5 aromatic carbocycles. The lowest BCUT2D eigenvalue weighted by molar-refractivity contribution is -0.122. The van der Waals surface area contributed by atoms with Crippen molar-refractivity contribution >= 4 is 61.3 Å². The summed E-state index contributed by atoms with van der Waals surface area (Å²) in [7, 11) is 0. The van der Waals surface area contributed by atoms with Crippen LogP contribution in [-0.4, -0.2) is 22.5 Å². The van der Waals surface area contributed by atoms with Crippen molar-refractivity contribution in [1.29, 1.82) is 0 Å². The topological polar surface area (TPSA) is 41.9 Å². The zero-order valence-corrected chi connectivity index (χ0v) is 24.6. The first-order chi connectivity index (χ1) is 20.1. The highest BCUT2D eigenvalue weighted by atomic mass is 79.9. The molecule has 4 nitrogen and oxygen atoms in total. The molecular weight excluding hydrogens is 592 g/mol. The number of amides is 1. The van der Waals surface area contributed by atoms with E-state index in [2.05, 4.69) is 46.3 Å². The largest absolute Gasteiger partial charge is 0.488 e. The Labute approximate surface area is 252 Å². The van der Waals surface area contributed by atoms with E-state index in [1.54, 1.807) is 4.90 Å². The van der Waals surface area contributed by atoms with Crippen molar-refractivity contribution in [1.82, 2.24) is 4.90 Å². The lowest BCUT2D eigenvalue weighted by Gasteiger charge is -2.15. The number of hydrogen-bond donors (Lipinski definition) is 0. The number of aliphatic imine (C=N–C) groups is 1. The summed E-state index contributed by atoms with van der Waals surface area (Å²) in [6, 6.07) is 40.3. The quantitative estimate of drug-likeness (QED) is 0.163. The Morgan fingerprint density at radius 2 is 1.49 bits per heavy atom. The molecule has 0 radical (unpaired) electrons. The first-order valence-corrected chi connectivity index (χ1v) is 15.0. The second-order valence-electron chi connectivity index (χ2n) is 9.65. The van der Waals surface area contributed by atoms with Crippen LogP contribution in [0.1, 0.15) is 16.7 Å². The van der Waals surface area contributed by atoms with Crippen LogP contribution in [0.4, 0.5) is 5.69 Å². The van der Waals surface area contributed by atoms with Crippen LogP contribution in [0, 0.1) is 0 Å². The van der Waals surface area contributed by atoms with Crippen LogP contribution < -0.4 is 4.74 Å². The van der Waals surface area contributed by atoms with Crippen molar-refractivity contribution in [3.05, 3.63) is 147 Å². The molecule has 0 bridgehead atoms. The molecule has 6 rings (SSSR count). The molecule has 6 heteroatoms. The maximum atomic E-state index is 13.9. The van der Waals surface area contributed by atoms with Gasteiger partial charge in [-0.1, -0.05) is 107 Å². The molecule has 1 saturated heterocycles. The number of ether oxygens (including phenoxy) is 1. The Balaban J connectivity index is 1.36. The average Bonchev–Trinajstić information content (AvgIpc) is 3.30. The predicted molar refractivity (Wildman–Crippen MR) is 173 cm³/mol. The molecule has 0 aromatic heterocycles. The molecule has 0 aliphatic carbocycles. The van der Waals surface area contributed by atoms with Crippen molar-refractivity contribution < 1.29 is 9.53 Å². The van der Waals surface area contributed by atoms with Gasteiger partial charge >= 0.3 is 0 Å². The minimum atomic E-state index is -0.0487. The van der Waals surface area contributed by atoms with E-state index in [4.69, 9.17) is 9.73 Å². The van der Waals surface area contributed by atoms with E-state index in [1.165, 1.54) is 17.3 Å². The van der Waals surface area contributed by atoms with Crippen LogP contribution in [0.5, 0.6) is 5.75 Å². The van der Waals surface area contributed by atoms with Gasteiger partial charge in [0.05, 0.1) is 10.6 Å². The van der Waals surface area contributed by atoms with Crippen molar-refractivity contribution in [2.24, 2.45) is 4.99 Å². The number of thioether (sulfide) groups is 1. The average molecular weight is 620 g/mol. The van der Waals surface area contributed by atoms with Gasteiger partial charge in [0.2, 0.25) is 0 Å². The monoisotopic (exact) mass is 618 g/mol. The molecule has 41 heavy (non-hydrogen) atoms. The second-order valence-corrected chi connectivity index (χ2v) is 11.6. The van der Waals surface area contributed by atoms with Crippen LogP contribution in [0.25, 0.3) is 16.8 Å². The second kappa shape index (κ2) is 12.6. The van der Waals surface area contributed by atoms with E-state index in [-0.39, 0.29) is 5.91 Å². The first kappa shape index (κ1) is 27.1. The highest BCUT2D eigenvalue weighted by Crippen LogP contribution is 2.38. The molecular formula is C35H27BrN2O2S. The van der Waals surface area contributed by atoms with Crippen molar-refractivity contribution in [2.45, 2.75) is 13.0 Å². The summed E-state index contributed by atoms with van der Waals surface area (Å²) in [6.45, 7) is 0.966. The van der Waals surface area contributed by atoms with Crippen LogP contribution in [0.15, 0.2) is 136 Å². The number of carbonyl (C=O) groups is 1. The van der Waals surface area contributed by atoms with Crippen LogP contribution in [-0.2, 0) is 17.8 Å². The minimum absolute atomic E-state index is 0.0487. The zero-order chi connectivity index (χ0) is 28.0. The van der Waals surface area contributed by atoms with E-state index in [9.17, 15) is 4.79 Å². The van der Waals surface area contributed by atoms with Crippen molar-refractivity contribution in [2.75, 3.05) is 6.54 Å².